The first-order chi connectivity index (χ1) is 18.6. The summed E-state index contributed by atoms with van der Waals surface area (Å²) in [7, 11) is -4.17. The number of carbonyl (C=O) groups excluding carboxylic acids is 2. The molecule has 0 fully saturated rings. The van der Waals surface area contributed by atoms with Crippen molar-refractivity contribution < 1.29 is 18.0 Å². The quantitative estimate of drug-likeness (QED) is 0.309. The zero-order valence-corrected chi connectivity index (χ0v) is 24.4. The van der Waals surface area contributed by atoms with E-state index in [1.54, 1.807) is 36.4 Å². The molecule has 0 radical (unpaired) electrons. The Labute approximate surface area is 236 Å². The molecular weight excluding hydrogens is 534 g/mol. The maximum atomic E-state index is 14.0. The average Bonchev–Trinajstić information content (AvgIpc) is 2.92. The molecule has 0 unspecified atom stereocenters. The molecule has 7 nitrogen and oxygen atoms in total. The van der Waals surface area contributed by atoms with Gasteiger partial charge in [-0.05, 0) is 56.5 Å². The minimum absolute atomic E-state index is 0.0389. The van der Waals surface area contributed by atoms with Gasteiger partial charge in [-0.1, -0.05) is 85.6 Å². The number of hydrogen-bond acceptors (Lipinski definition) is 4. The Kier molecular flexibility index (Phi) is 10.5. The van der Waals surface area contributed by atoms with Crippen molar-refractivity contribution in [1.82, 2.24) is 10.2 Å². The van der Waals surface area contributed by atoms with Crippen molar-refractivity contribution in [3.63, 3.8) is 0 Å². The van der Waals surface area contributed by atoms with Crippen molar-refractivity contribution in [2.75, 3.05) is 10.8 Å². The summed E-state index contributed by atoms with van der Waals surface area (Å²) in [5, 5.41) is 3.16. The van der Waals surface area contributed by atoms with Crippen LogP contribution in [-0.2, 0) is 26.2 Å². The third kappa shape index (κ3) is 7.61. The Morgan fingerprint density at radius 2 is 1.51 bits per heavy atom. The number of halogens is 1. The lowest BCUT2D eigenvalue weighted by molar-refractivity contribution is -0.140. The molecule has 39 heavy (non-hydrogen) atoms. The minimum Gasteiger partial charge on any atom is -0.352 e. The van der Waals surface area contributed by atoms with E-state index in [1.165, 1.54) is 17.0 Å². The SMILES string of the molecule is CC[C@H](C(=O)N[C@@H](C)CC)N(Cc1ccccc1)C(=O)CN(c1ccccc1Cl)S(=O)(=O)c1ccc(C)cc1. The first-order valence-corrected chi connectivity index (χ1v) is 14.9. The number of benzene rings is 3. The Morgan fingerprint density at radius 3 is 2.10 bits per heavy atom. The Bertz CT molecular complexity index is 1360. The van der Waals surface area contributed by atoms with Crippen LogP contribution in [0.3, 0.4) is 0 Å². The molecular formula is C30H36ClN3O4S. The molecule has 208 valence electrons. The van der Waals surface area contributed by atoms with Crippen molar-refractivity contribution in [1.29, 1.82) is 0 Å². The predicted molar refractivity (Wildman–Crippen MR) is 156 cm³/mol. The van der Waals surface area contributed by atoms with Crippen LogP contribution in [0, 0.1) is 6.92 Å². The lowest BCUT2D eigenvalue weighted by atomic mass is 10.1. The van der Waals surface area contributed by atoms with Gasteiger partial charge in [0.25, 0.3) is 10.0 Å². The van der Waals surface area contributed by atoms with Crippen LogP contribution in [0.15, 0.2) is 83.8 Å². The second-order valence-corrected chi connectivity index (χ2v) is 11.8. The maximum Gasteiger partial charge on any atom is 0.264 e. The molecule has 3 rings (SSSR count). The number of para-hydroxylation sites is 1. The topological polar surface area (TPSA) is 86.8 Å². The number of carbonyl (C=O) groups is 2. The lowest BCUT2D eigenvalue weighted by Gasteiger charge is -2.34. The van der Waals surface area contributed by atoms with E-state index in [1.807, 2.05) is 58.0 Å². The van der Waals surface area contributed by atoms with Crippen molar-refractivity contribution in [3.05, 3.63) is 95.0 Å². The minimum atomic E-state index is -4.17. The molecule has 0 aliphatic rings. The standard InChI is InChI=1S/C30H36ClN3O4S/c1-5-23(4)32-30(36)27(6-2)33(20-24-12-8-7-9-13-24)29(35)21-34(28-15-11-10-14-26(28)31)39(37,38)25-18-16-22(3)17-19-25/h7-19,23,27H,5-6,20-21H2,1-4H3,(H,32,36)/t23-,27+/m0/s1. The van der Waals surface area contributed by atoms with Gasteiger partial charge in [0.1, 0.15) is 12.6 Å². The number of nitrogens with one attached hydrogen (secondary N) is 1. The Balaban J connectivity index is 2.05. The van der Waals surface area contributed by atoms with Gasteiger partial charge in [0.2, 0.25) is 11.8 Å². The molecule has 3 aromatic carbocycles. The van der Waals surface area contributed by atoms with E-state index in [4.69, 9.17) is 11.6 Å². The summed E-state index contributed by atoms with van der Waals surface area (Å²) < 4.78 is 28.8. The van der Waals surface area contributed by atoms with Crippen LogP contribution in [-0.4, -0.2) is 43.8 Å². The van der Waals surface area contributed by atoms with E-state index in [2.05, 4.69) is 5.32 Å². The molecule has 2 atom stereocenters. The molecule has 0 spiro atoms. The smallest absolute Gasteiger partial charge is 0.264 e. The predicted octanol–water partition coefficient (Wildman–Crippen LogP) is 5.57. The fourth-order valence-electron chi connectivity index (χ4n) is 4.15. The molecule has 0 saturated heterocycles. The zero-order chi connectivity index (χ0) is 28.6. The van der Waals surface area contributed by atoms with Crippen molar-refractivity contribution >= 4 is 39.1 Å². The van der Waals surface area contributed by atoms with Crippen LogP contribution in [0.5, 0.6) is 0 Å². The van der Waals surface area contributed by atoms with Gasteiger partial charge in [0.15, 0.2) is 0 Å². The summed E-state index contributed by atoms with van der Waals surface area (Å²) in [6, 6.07) is 21.4. The fraction of sp³-hybridized carbons (Fsp3) is 0.333. The zero-order valence-electron chi connectivity index (χ0n) is 22.8. The third-order valence-corrected chi connectivity index (χ3v) is 8.69. The van der Waals surface area contributed by atoms with Crippen molar-refractivity contribution in [2.45, 2.75) is 64.1 Å². The second kappa shape index (κ2) is 13.6. The van der Waals surface area contributed by atoms with E-state index in [-0.39, 0.29) is 34.1 Å². The molecule has 0 bridgehead atoms. The highest BCUT2D eigenvalue weighted by Crippen LogP contribution is 2.31. The largest absolute Gasteiger partial charge is 0.352 e. The number of nitrogens with zero attached hydrogens (tertiary/aromatic N) is 2. The maximum absolute atomic E-state index is 14.0. The van der Waals surface area contributed by atoms with E-state index in [9.17, 15) is 18.0 Å². The fourth-order valence-corrected chi connectivity index (χ4v) is 5.87. The number of hydrogen-bond donors (Lipinski definition) is 1. The van der Waals surface area contributed by atoms with Crippen LogP contribution >= 0.6 is 11.6 Å². The number of anilines is 1. The van der Waals surface area contributed by atoms with Crippen molar-refractivity contribution in [3.8, 4) is 0 Å². The molecule has 1 N–H and O–H groups in total. The van der Waals surface area contributed by atoms with E-state index in [0.29, 0.717) is 6.42 Å². The molecule has 2 amide bonds. The van der Waals surface area contributed by atoms with Gasteiger partial charge in [-0.15, -0.1) is 0 Å². The molecule has 0 aliphatic carbocycles. The van der Waals surface area contributed by atoms with Crippen LogP contribution in [0.25, 0.3) is 0 Å². The summed E-state index contributed by atoms with van der Waals surface area (Å²) in [6.07, 6.45) is 1.10. The average molecular weight is 570 g/mol. The van der Waals surface area contributed by atoms with Crippen molar-refractivity contribution in [2.24, 2.45) is 0 Å². The lowest BCUT2D eigenvalue weighted by Crippen LogP contribution is -2.53. The van der Waals surface area contributed by atoms with Gasteiger partial charge < -0.3 is 10.2 Å². The van der Waals surface area contributed by atoms with E-state index < -0.39 is 28.5 Å². The second-order valence-electron chi connectivity index (χ2n) is 9.53. The van der Waals surface area contributed by atoms with Crippen LogP contribution in [0.4, 0.5) is 5.69 Å². The Hall–Kier alpha value is -3.36. The van der Waals surface area contributed by atoms with Gasteiger partial charge in [-0.3, -0.25) is 13.9 Å². The van der Waals surface area contributed by atoms with Crippen LogP contribution in [0.2, 0.25) is 5.02 Å². The number of aryl methyl sites for hydroxylation is 1. The highest BCUT2D eigenvalue weighted by molar-refractivity contribution is 7.92. The van der Waals surface area contributed by atoms with Crippen LogP contribution in [0.1, 0.15) is 44.7 Å². The first kappa shape index (κ1) is 30.2. The van der Waals surface area contributed by atoms with Gasteiger partial charge in [0.05, 0.1) is 15.6 Å². The van der Waals surface area contributed by atoms with E-state index in [0.717, 1.165) is 21.9 Å². The summed E-state index contributed by atoms with van der Waals surface area (Å²) in [5.74, 6) is -0.789. The molecule has 0 heterocycles. The highest BCUT2D eigenvalue weighted by atomic mass is 35.5. The first-order valence-electron chi connectivity index (χ1n) is 13.1. The van der Waals surface area contributed by atoms with Crippen LogP contribution < -0.4 is 9.62 Å². The van der Waals surface area contributed by atoms with Gasteiger partial charge >= 0.3 is 0 Å². The summed E-state index contributed by atoms with van der Waals surface area (Å²) in [6.45, 7) is 7.19. The summed E-state index contributed by atoms with van der Waals surface area (Å²) in [4.78, 5) is 28.8. The normalized spacial score (nSPS) is 12.8. The van der Waals surface area contributed by atoms with E-state index >= 15 is 0 Å². The number of sulfonamides is 1. The molecule has 3 aromatic rings. The number of rotatable bonds is 12. The monoisotopic (exact) mass is 569 g/mol. The highest BCUT2D eigenvalue weighted by Gasteiger charge is 2.34. The molecule has 0 aromatic heterocycles. The molecule has 0 saturated carbocycles. The summed E-state index contributed by atoms with van der Waals surface area (Å²) >= 11 is 6.45. The molecule has 0 aliphatic heterocycles. The van der Waals surface area contributed by atoms with Gasteiger partial charge in [-0.25, -0.2) is 8.42 Å². The molecule has 9 heteroatoms. The third-order valence-electron chi connectivity index (χ3n) is 6.59. The Morgan fingerprint density at radius 1 is 0.897 bits per heavy atom. The van der Waals surface area contributed by atoms with Gasteiger partial charge in [0, 0.05) is 12.6 Å². The number of amides is 2. The summed E-state index contributed by atoms with van der Waals surface area (Å²) in [5.41, 5.74) is 1.91. The van der Waals surface area contributed by atoms with Gasteiger partial charge in [-0.2, -0.15) is 0 Å².